The number of hydrogen-bond donors (Lipinski definition) is 0. The van der Waals surface area contributed by atoms with Gasteiger partial charge in [0, 0.05) is 13.1 Å². The van der Waals surface area contributed by atoms with Crippen LogP contribution in [0.3, 0.4) is 0 Å². The van der Waals surface area contributed by atoms with Gasteiger partial charge >= 0.3 is 5.88 Å². The van der Waals surface area contributed by atoms with Gasteiger partial charge in [0.05, 0.1) is 18.8 Å². The smallest absolute Gasteiger partial charge is 0.395 e. The van der Waals surface area contributed by atoms with Crippen molar-refractivity contribution in [3.63, 3.8) is 0 Å². The summed E-state index contributed by atoms with van der Waals surface area (Å²) in [5, 5.41) is 10.7. The van der Waals surface area contributed by atoms with Crippen LogP contribution in [-0.2, 0) is 11.2 Å². The van der Waals surface area contributed by atoms with E-state index in [2.05, 4.69) is 12.1 Å². The SMILES string of the molecule is O=C(c1ccc([N+](=O)[O-])o1)N1CCO[C@H](CCc2ccccc2)C1. The fourth-order valence-corrected chi connectivity index (χ4v) is 2.75. The highest BCUT2D eigenvalue weighted by Gasteiger charge is 2.28. The number of furan rings is 1. The van der Waals surface area contributed by atoms with Crippen LogP contribution < -0.4 is 0 Å². The van der Waals surface area contributed by atoms with E-state index in [1.54, 1.807) is 4.90 Å². The van der Waals surface area contributed by atoms with Crippen molar-refractivity contribution in [3.05, 3.63) is 63.9 Å². The van der Waals surface area contributed by atoms with Crippen LogP contribution >= 0.6 is 0 Å². The van der Waals surface area contributed by atoms with Gasteiger partial charge in [-0.05, 0) is 24.5 Å². The van der Waals surface area contributed by atoms with Crippen LogP contribution in [0.15, 0.2) is 46.9 Å². The van der Waals surface area contributed by atoms with Crippen LogP contribution in [0.2, 0.25) is 0 Å². The van der Waals surface area contributed by atoms with Crippen molar-refractivity contribution in [2.75, 3.05) is 19.7 Å². The Balaban J connectivity index is 1.58. The van der Waals surface area contributed by atoms with Crippen molar-refractivity contribution in [1.82, 2.24) is 4.90 Å². The summed E-state index contributed by atoms with van der Waals surface area (Å²) in [6, 6.07) is 12.6. The third-order valence-corrected chi connectivity index (χ3v) is 4.01. The molecule has 0 saturated carbocycles. The molecule has 0 N–H and O–H groups in total. The van der Waals surface area contributed by atoms with Gasteiger partial charge < -0.3 is 14.1 Å². The van der Waals surface area contributed by atoms with Crippen LogP contribution in [-0.4, -0.2) is 41.5 Å². The van der Waals surface area contributed by atoms with E-state index in [9.17, 15) is 14.9 Å². The molecule has 0 spiro atoms. The Morgan fingerprint density at radius 1 is 1.25 bits per heavy atom. The first kappa shape index (κ1) is 16.2. The van der Waals surface area contributed by atoms with E-state index in [-0.39, 0.29) is 17.8 Å². The molecule has 1 atom stereocenters. The number of carbonyl (C=O) groups is 1. The van der Waals surface area contributed by atoms with Gasteiger partial charge in [0.1, 0.15) is 4.92 Å². The van der Waals surface area contributed by atoms with E-state index < -0.39 is 10.8 Å². The molecule has 2 aromatic rings. The second-order valence-electron chi connectivity index (χ2n) is 5.66. The molecule has 0 bridgehead atoms. The van der Waals surface area contributed by atoms with Gasteiger partial charge in [0.2, 0.25) is 0 Å². The summed E-state index contributed by atoms with van der Waals surface area (Å²) in [4.78, 5) is 24.0. The number of morpholine rings is 1. The Kier molecular flexibility index (Phi) is 4.90. The summed E-state index contributed by atoms with van der Waals surface area (Å²) < 4.78 is 10.7. The molecule has 2 heterocycles. The Labute approximate surface area is 139 Å². The maximum Gasteiger partial charge on any atom is 0.433 e. The first-order valence-electron chi connectivity index (χ1n) is 7.82. The maximum absolute atomic E-state index is 12.4. The zero-order valence-electron chi connectivity index (χ0n) is 13.1. The van der Waals surface area contributed by atoms with Crippen LogP contribution in [0.1, 0.15) is 22.5 Å². The minimum atomic E-state index is -0.654. The number of hydrogen-bond acceptors (Lipinski definition) is 5. The van der Waals surface area contributed by atoms with E-state index in [1.165, 1.54) is 17.7 Å². The number of rotatable bonds is 5. The highest BCUT2D eigenvalue weighted by Crippen LogP contribution is 2.19. The van der Waals surface area contributed by atoms with E-state index >= 15 is 0 Å². The summed E-state index contributed by atoms with van der Waals surface area (Å²) in [7, 11) is 0. The third-order valence-electron chi connectivity index (χ3n) is 4.01. The Morgan fingerprint density at radius 3 is 2.75 bits per heavy atom. The summed E-state index contributed by atoms with van der Waals surface area (Å²) in [5.74, 6) is -0.770. The number of amides is 1. The molecule has 1 aromatic carbocycles. The van der Waals surface area contributed by atoms with Crippen molar-refractivity contribution in [1.29, 1.82) is 0 Å². The topological polar surface area (TPSA) is 85.8 Å². The zero-order valence-corrected chi connectivity index (χ0v) is 13.1. The molecule has 3 rings (SSSR count). The van der Waals surface area contributed by atoms with E-state index in [0.29, 0.717) is 19.7 Å². The normalized spacial score (nSPS) is 17.7. The predicted octanol–water partition coefficient (Wildman–Crippen LogP) is 2.66. The molecule has 7 heteroatoms. The van der Waals surface area contributed by atoms with E-state index in [4.69, 9.17) is 9.15 Å². The number of nitrogens with zero attached hydrogens (tertiary/aromatic N) is 2. The van der Waals surface area contributed by atoms with Gasteiger partial charge in [-0.1, -0.05) is 30.3 Å². The number of nitro groups is 1. The number of carbonyl (C=O) groups excluding carboxylic acids is 1. The first-order valence-corrected chi connectivity index (χ1v) is 7.82. The van der Waals surface area contributed by atoms with Crippen LogP contribution in [0, 0.1) is 10.1 Å². The monoisotopic (exact) mass is 330 g/mol. The number of ether oxygens (including phenoxy) is 1. The molecule has 0 unspecified atom stereocenters. The standard InChI is InChI=1S/C17H18N2O5/c20-17(15-8-9-16(24-15)19(21)22)18-10-11-23-14(12-18)7-6-13-4-2-1-3-5-13/h1-5,8-9,14H,6-7,10-12H2/t14-/m1/s1. The lowest BCUT2D eigenvalue weighted by Gasteiger charge is -2.32. The molecule has 1 aliphatic heterocycles. The second-order valence-corrected chi connectivity index (χ2v) is 5.66. The molecule has 1 amide bonds. The van der Waals surface area contributed by atoms with E-state index in [0.717, 1.165) is 12.8 Å². The lowest BCUT2D eigenvalue weighted by atomic mass is 10.1. The van der Waals surface area contributed by atoms with Crippen molar-refractivity contribution in [2.45, 2.75) is 18.9 Å². The van der Waals surface area contributed by atoms with Gasteiger partial charge in [-0.3, -0.25) is 14.9 Å². The van der Waals surface area contributed by atoms with Crippen molar-refractivity contribution < 1.29 is 18.9 Å². The maximum atomic E-state index is 12.4. The van der Waals surface area contributed by atoms with Gasteiger partial charge in [0.25, 0.3) is 5.91 Å². The summed E-state index contributed by atoms with van der Waals surface area (Å²) in [6.07, 6.45) is 1.64. The highest BCUT2D eigenvalue weighted by atomic mass is 16.6. The van der Waals surface area contributed by atoms with Crippen LogP contribution in [0.4, 0.5) is 5.88 Å². The Morgan fingerprint density at radius 2 is 2.04 bits per heavy atom. The largest absolute Gasteiger partial charge is 0.433 e. The van der Waals surface area contributed by atoms with Gasteiger partial charge in [-0.2, -0.15) is 0 Å². The Bertz CT molecular complexity index is 713. The molecule has 0 aliphatic carbocycles. The van der Waals surface area contributed by atoms with Crippen molar-refractivity contribution in [3.8, 4) is 0 Å². The van der Waals surface area contributed by atoms with Crippen LogP contribution in [0.25, 0.3) is 0 Å². The average molecular weight is 330 g/mol. The molecule has 1 aliphatic rings. The zero-order chi connectivity index (χ0) is 16.9. The molecule has 7 nitrogen and oxygen atoms in total. The molecular formula is C17H18N2O5. The fourth-order valence-electron chi connectivity index (χ4n) is 2.75. The minimum absolute atomic E-state index is 0.00888. The predicted molar refractivity (Wildman–Crippen MR) is 85.8 cm³/mol. The van der Waals surface area contributed by atoms with Gasteiger partial charge in [0.15, 0.2) is 5.76 Å². The lowest BCUT2D eigenvalue weighted by Crippen LogP contribution is -2.45. The molecular weight excluding hydrogens is 312 g/mol. The number of aryl methyl sites for hydroxylation is 1. The minimum Gasteiger partial charge on any atom is -0.395 e. The fraction of sp³-hybridized carbons (Fsp3) is 0.353. The summed E-state index contributed by atoms with van der Waals surface area (Å²) in [5.41, 5.74) is 1.23. The third kappa shape index (κ3) is 3.80. The molecule has 1 aromatic heterocycles. The molecule has 1 fully saturated rings. The van der Waals surface area contributed by atoms with Crippen molar-refractivity contribution in [2.24, 2.45) is 0 Å². The van der Waals surface area contributed by atoms with E-state index in [1.807, 2.05) is 18.2 Å². The Hall–Kier alpha value is -2.67. The second kappa shape index (κ2) is 7.27. The summed E-state index contributed by atoms with van der Waals surface area (Å²) >= 11 is 0. The molecule has 0 radical (unpaired) electrons. The molecule has 126 valence electrons. The number of benzene rings is 1. The molecule has 24 heavy (non-hydrogen) atoms. The van der Waals surface area contributed by atoms with Gasteiger partial charge in [-0.15, -0.1) is 0 Å². The van der Waals surface area contributed by atoms with Crippen LogP contribution in [0.5, 0.6) is 0 Å². The first-order chi connectivity index (χ1) is 11.6. The quantitative estimate of drug-likeness (QED) is 0.621. The average Bonchev–Trinajstić information content (AvgIpc) is 3.11. The molecule has 1 saturated heterocycles. The summed E-state index contributed by atoms with van der Waals surface area (Å²) in [6.45, 7) is 1.36. The highest BCUT2D eigenvalue weighted by molar-refractivity contribution is 5.91. The van der Waals surface area contributed by atoms with Gasteiger partial charge in [-0.25, -0.2) is 0 Å². The lowest BCUT2D eigenvalue weighted by molar-refractivity contribution is -0.402. The van der Waals surface area contributed by atoms with Crippen molar-refractivity contribution >= 4 is 11.8 Å².